The van der Waals surface area contributed by atoms with Gasteiger partial charge in [0.05, 0.1) is 18.2 Å². The second-order valence-corrected chi connectivity index (χ2v) is 10.0. The molecule has 0 bridgehead atoms. The molecule has 2 aliphatic rings. The average molecular weight is 520 g/mol. The molecule has 2 aromatic carbocycles. The van der Waals surface area contributed by atoms with Crippen molar-refractivity contribution in [2.75, 3.05) is 13.7 Å². The van der Waals surface area contributed by atoms with Crippen LogP contribution in [0, 0.1) is 0 Å². The van der Waals surface area contributed by atoms with E-state index < -0.39 is 6.04 Å². The van der Waals surface area contributed by atoms with Crippen LogP contribution in [0.5, 0.6) is 5.75 Å². The Morgan fingerprint density at radius 1 is 1.00 bits per heavy atom. The highest BCUT2D eigenvalue weighted by atomic mass is 16.5. The van der Waals surface area contributed by atoms with E-state index in [4.69, 9.17) is 4.74 Å². The van der Waals surface area contributed by atoms with Crippen LogP contribution in [-0.4, -0.2) is 59.2 Å². The first-order chi connectivity index (χ1) is 18.4. The third-order valence-corrected chi connectivity index (χ3v) is 7.50. The maximum atomic E-state index is 13.6. The summed E-state index contributed by atoms with van der Waals surface area (Å²) < 4.78 is 5.25. The molecule has 8 nitrogen and oxygen atoms in total. The number of nitrogens with one attached hydrogen (secondary N) is 1. The number of methoxy groups -OCH3 is 1. The molecule has 8 heteroatoms. The summed E-state index contributed by atoms with van der Waals surface area (Å²) >= 11 is 0. The fourth-order valence-electron chi connectivity index (χ4n) is 5.37. The molecular weight excluding hydrogens is 482 g/mol. The van der Waals surface area contributed by atoms with Crippen molar-refractivity contribution in [3.8, 4) is 5.75 Å². The molecule has 4 amide bonds. The second kappa shape index (κ2) is 12.7. The van der Waals surface area contributed by atoms with E-state index in [0.717, 1.165) is 37.0 Å². The molecule has 1 heterocycles. The zero-order valence-corrected chi connectivity index (χ0v) is 22.3. The van der Waals surface area contributed by atoms with Gasteiger partial charge >= 0.3 is 0 Å². The third kappa shape index (κ3) is 6.23. The first-order valence-electron chi connectivity index (χ1n) is 13.6. The number of carbonyl (C=O) groups is 4. The van der Waals surface area contributed by atoms with Gasteiger partial charge < -0.3 is 15.0 Å². The zero-order valence-electron chi connectivity index (χ0n) is 22.3. The summed E-state index contributed by atoms with van der Waals surface area (Å²) in [7, 11) is 1.60. The number of rotatable bonds is 11. The van der Waals surface area contributed by atoms with Crippen molar-refractivity contribution in [1.82, 2.24) is 15.1 Å². The largest absolute Gasteiger partial charge is 0.497 e. The second-order valence-electron chi connectivity index (χ2n) is 10.0. The standard InChI is InChI=1S/C30H37N3O5/c1-3-26(28(35)31-22-10-5-4-6-11-22)33(20-21-15-17-23(38-2)18-16-21)27(34)14-9-19-32-29(36)24-12-7-8-13-25(24)30(32)37/h7-8,12-13,15-18,22,26H,3-6,9-11,14,19-20H2,1-2H3,(H,31,35)/t26-/m0/s1. The molecule has 0 radical (unpaired) electrons. The van der Waals surface area contributed by atoms with E-state index >= 15 is 0 Å². The highest BCUT2D eigenvalue weighted by molar-refractivity contribution is 6.21. The highest BCUT2D eigenvalue weighted by Gasteiger charge is 2.35. The number of fused-ring (bicyclic) bond motifs is 1. The van der Waals surface area contributed by atoms with Crippen molar-refractivity contribution in [1.29, 1.82) is 0 Å². The lowest BCUT2D eigenvalue weighted by Crippen LogP contribution is -2.51. The normalized spacial score (nSPS) is 16.2. The van der Waals surface area contributed by atoms with Gasteiger partial charge in [-0.15, -0.1) is 0 Å². The fraction of sp³-hybridized carbons (Fsp3) is 0.467. The minimum Gasteiger partial charge on any atom is -0.497 e. The molecule has 1 saturated carbocycles. The Morgan fingerprint density at radius 2 is 1.63 bits per heavy atom. The van der Waals surface area contributed by atoms with Gasteiger partial charge in [0.15, 0.2) is 0 Å². The number of hydrogen-bond acceptors (Lipinski definition) is 5. The summed E-state index contributed by atoms with van der Waals surface area (Å²) in [6.07, 6.45) is 6.27. The van der Waals surface area contributed by atoms with Crippen LogP contribution in [0.4, 0.5) is 0 Å². The molecule has 1 N–H and O–H groups in total. The fourth-order valence-corrected chi connectivity index (χ4v) is 5.37. The van der Waals surface area contributed by atoms with Gasteiger partial charge in [0.2, 0.25) is 11.8 Å². The van der Waals surface area contributed by atoms with E-state index in [0.29, 0.717) is 24.0 Å². The van der Waals surface area contributed by atoms with Gasteiger partial charge in [-0.2, -0.15) is 0 Å². The Bertz CT molecular complexity index is 1120. The zero-order chi connectivity index (χ0) is 27.1. The molecule has 1 aliphatic heterocycles. The molecule has 0 aromatic heterocycles. The maximum absolute atomic E-state index is 13.6. The summed E-state index contributed by atoms with van der Waals surface area (Å²) in [5.74, 6) is -0.239. The van der Waals surface area contributed by atoms with Crippen LogP contribution in [0.15, 0.2) is 48.5 Å². The Kier molecular flexibility index (Phi) is 9.15. The lowest BCUT2D eigenvalue weighted by Gasteiger charge is -2.33. The Labute approximate surface area is 224 Å². The number of amides is 4. The van der Waals surface area contributed by atoms with E-state index in [1.807, 2.05) is 31.2 Å². The van der Waals surface area contributed by atoms with Crippen molar-refractivity contribution in [3.05, 3.63) is 65.2 Å². The summed E-state index contributed by atoms with van der Waals surface area (Å²) in [4.78, 5) is 55.1. The third-order valence-electron chi connectivity index (χ3n) is 7.50. The van der Waals surface area contributed by atoms with Crippen molar-refractivity contribution < 1.29 is 23.9 Å². The number of nitrogens with zero attached hydrogens (tertiary/aromatic N) is 2. The maximum Gasteiger partial charge on any atom is 0.261 e. The van der Waals surface area contributed by atoms with Gasteiger partial charge in [-0.3, -0.25) is 24.1 Å². The van der Waals surface area contributed by atoms with Crippen LogP contribution in [0.1, 0.15) is 84.6 Å². The molecule has 0 saturated heterocycles. The minimum absolute atomic E-state index is 0.122. The van der Waals surface area contributed by atoms with Crippen LogP contribution < -0.4 is 10.1 Å². The molecule has 202 valence electrons. The molecule has 2 aromatic rings. The lowest BCUT2D eigenvalue weighted by molar-refractivity contribution is -0.142. The van der Waals surface area contributed by atoms with Gasteiger partial charge in [-0.25, -0.2) is 0 Å². The summed E-state index contributed by atoms with van der Waals surface area (Å²) in [5.41, 5.74) is 1.69. The number of imide groups is 1. The van der Waals surface area contributed by atoms with Crippen LogP contribution in [0.25, 0.3) is 0 Å². The molecular formula is C30H37N3O5. The van der Waals surface area contributed by atoms with Crippen molar-refractivity contribution in [3.63, 3.8) is 0 Å². The monoisotopic (exact) mass is 519 g/mol. The first kappa shape index (κ1) is 27.4. The van der Waals surface area contributed by atoms with E-state index in [1.54, 1.807) is 36.3 Å². The van der Waals surface area contributed by atoms with Gasteiger partial charge in [0, 0.05) is 25.6 Å². The van der Waals surface area contributed by atoms with E-state index in [9.17, 15) is 19.2 Å². The molecule has 0 spiro atoms. The van der Waals surface area contributed by atoms with Crippen LogP contribution in [0.2, 0.25) is 0 Å². The number of ether oxygens (including phenoxy) is 1. The average Bonchev–Trinajstić information content (AvgIpc) is 3.18. The predicted molar refractivity (Wildman–Crippen MR) is 144 cm³/mol. The Balaban J connectivity index is 1.44. The molecule has 4 rings (SSSR count). The van der Waals surface area contributed by atoms with Crippen LogP contribution >= 0.6 is 0 Å². The number of benzene rings is 2. The van der Waals surface area contributed by atoms with Gasteiger partial charge in [-0.05, 0) is 55.5 Å². The summed E-state index contributed by atoms with van der Waals surface area (Å²) in [6.45, 7) is 2.35. The van der Waals surface area contributed by atoms with E-state index in [2.05, 4.69) is 5.32 Å². The molecule has 0 unspecified atom stereocenters. The Hall–Kier alpha value is -3.68. The SMILES string of the molecule is CC[C@@H](C(=O)NC1CCCCC1)N(Cc1ccc(OC)cc1)C(=O)CCCN1C(=O)c2ccccc2C1=O. The molecule has 1 aliphatic carbocycles. The molecule has 1 atom stereocenters. The molecule has 38 heavy (non-hydrogen) atoms. The number of hydrogen-bond donors (Lipinski definition) is 1. The van der Waals surface area contributed by atoms with Crippen LogP contribution in [0.3, 0.4) is 0 Å². The van der Waals surface area contributed by atoms with Gasteiger partial charge in [0.25, 0.3) is 11.8 Å². The summed E-state index contributed by atoms with van der Waals surface area (Å²) in [6, 6.07) is 13.8. The predicted octanol–water partition coefficient (Wildman–Crippen LogP) is 4.33. The topological polar surface area (TPSA) is 96.0 Å². The molecule has 1 fully saturated rings. The Morgan fingerprint density at radius 3 is 2.21 bits per heavy atom. The van der Waals surface area contributed by atoms with E-state index in [1.165, 1.54) is 11.3 Å². The quantitative estimate of drug-likeness (QED) is 0.446. The number of carbonyl (C=O) groups excluding carboxylic acids is 4. The van der Waals surface area contributed by atoms with Crippen LogP contribution in [-0.2, 0) is 16.1 Å². The van der Waals surface area contributed by atoms with Gasteiger partial charge in [-0.1, -0.05) is 50.5 Å². The lowest BCUT2D eigenvalue weighted by atomic mass is 9.95. The van der Waals surface area contributed by atoms with Crippen molar-refractivity contribution >= 4 is 23.6 Å². The highest BCUT2D eigenvalue weighted by Crippen LogP contribution is 2.24. The smallest absolute Gasteiger partial charge is 0.261 e. The summed E-state index contributed by atoms with van der Waals surface area (Å²) in [5, 5.41) is 3.18. The van der Waals surface area contributed by atoms with Gasteiger partial charge in [0.1, 0.15) is 11.8 Å². The van der Waals surface area contributed by atoms with E-state index in [-0.39, 0.29) is 49.2 Å². The van der Waals surface area contributed by atoms with Crippen molar-refractivity contribution in [2.45, 2.75) is 76.9 Å². The minimum atomic E-state index is -0.606. The van der Waals surface area contributed by atoms with Crippen molar-refractivity contribution in [2.24, 2.45) is 0 Å². The first-order valence-corrected chi connectivity index (χ1v) is 13.6.